The van der Waals surface area contributed by atoms with E-state index in [4.69, 9.17) is 42.8 Å². The lowest BCUT2D eigenvalue weighted by Crippen LogP contribution is -2.45. The third-order valence-corrected chi connectivity index (χ3v) is 9.79. The minimum Gasteiger partial charge on any atom is -0.369 e. The minimum atomic E-state index is -5.55. The summed E-state index contributed by atoms with van der Waals surface area (Å²) in [6.45, 7) is 2.58. The summed E-state index contributed by atoms with van der Waals surface area (Å²) in [5, 5.41) is 11.2. The van der Waals surface area contributed by atoms with Gasteiger partial charge in [-0.05, 0) is 43.9 Å². The Labute approximate surface area is 226 Å². The fourth-order valence-electron chi connectivity index (χ4n) is 3.43. The third-order valence-electron chi connectivity index (χ3n) is 5.57. The molecule has 0 saturated heterocycles. The topological polar surface area (TPSA) is 197 Å². The molecule has 0 aliphatic heterocycles. The van der Waals surface area contributed by atoms with Crippen LogP contribution in [0.5, 0.6) is 0 Å². The van der Waals surface area contributed by atoms with Crippen molar-refractivity contribution >= 4 is 55.9 Å². The standard InChI is InChI=1S/C21H35Cl2N3O9P2/c1-16(20(28)24-13-3-10-21(29,36(30,31)32)37(33,34)35)25-19(27)5-2-4-17-6-8-18(9-7-17)26(14-11-22)15-12-23/h6-9,16,29H,2-5,10-15H2,1H3,(H,24,28)(H,25,27)(H2,30,31,32)(H2,33,34,35)/t16-/m0/s1. The molecule has 16 heteroatoms. The normalized spacial score (nSPS) is 13.2. The molecule has 0 radical (unpaired) electrons. The number of aryl methyl sites for hydroxylation is 1. The first-order valence-electron chi connectivity index (χ1n) is 11.5. The summed E-state index contributed by atoms with van der Waals surface area (Å²) in [6, 6.07) is 6.98. The second-order valence-electron chi connectivity index (χ2n) is 8.43. The van der Waals surface area contributed by atoms with Gasteiger partial charge < -0.3 is 40.2 Å². The molecule has 12 nitrogen and oxygen atoms in total. The summed E-state index contributed by atoms with van der Waals surface area (Å²) in [7, 11) is -11.1. The Morgan fingerprint density at radius 2 is 1.54 bits per heavy atom. The van der Waals surface area contributed by atoms with Crippen LogP contribution in [0, 0.1) is 0 Å². The molecule has 0 spiro atoms. The van der Waals surface area contributed by atoms with Gasteiger partial charge in [-0.25, -0.2) is 0 Å². The molecule has 0 fully saturated rings. The van der Waals surface area contributed by atoms with Crippen LogP contribution in [0.15, 0.2) is 24.3 Å². The lowest BCUT2D eigenvalue weighted by atomic mass is 10.1. The molecule has 1 atom stereocenters. The quantitative estimate of drug-likeness (QED) is 0.0779. The summed E-state index contributed by atoms with van der Waals surface area (Å²) in [6.07, 6.45) is 0.118. The van der Waals surface area contributed by atoms with Crippen LogP contribution in [0.4, 0.5) is 5.69 Å². The number of carbonyl (C=O) groups excluding carboxylic acids is 2. The summed E-state index contributed by atoms with van der Waals surface area (Å²) in [5.41, 5.74) is 2.06. The van der Waals surface area contributed by atoms with Crippen LogP contribution in [-0.2, 0) is 25.1 Å². The maximum atomic E-state index is 12.2. The van der Waals surface area contributed by atoms with Gasteiger partial charge in [0.25, 0.3) is 5.08 Å². The van der Waals surface area contributed by atoms with E-state index in [1.54, 1.807) is 0 Å². The van der Waals surface area contributed by atoms with Crippen LogP contribution in [0.1, 0.15) is 38.2 Å². The predicted octanol–water partition coefficient (Wildman–Crippen LogP) is 1.70. The van der Waals surface area contributed by atoms with Gasteiger partial charge in [0.15, 0.2) is 0 Å². The molecule has 0 aromatic heterocycles. The maximum Gasteiger partial charge on any atom is 0.369 e. The van der Waals surface area contributed by atoms with E-state index in [9.17, 15) is 23.8 Å². The van der Waals surface area contributed by atoms with Crippen molar-refractivity contribution in [2.75, 3.05) is 36.3 Å². The van der Waals surface area contributed by atoms with Gasteiger partial charge in [0.05, 0.1) is 0 Å². The molecular formula is C21H35Cl2N3O9P2. The zero-order chi connectivity index (χ0) is 28.3. The van der Waals surface area contributed by atoms with Gasteiger partial charge in [-0.15, -0.1) is 23.2 Å². The highest BCUT2D eigenvalue weighted by molar-refractivity contribution is 7.72. The monoisotopic (exact) mass is 605 g/mol. The summed E-state index contributed by atoms with van der Waals surface area (Å²) in [5.74, 6) is 0.0342. The van der Waals surface area contributed by atoms with Crippen molar-refractivity contribution in [1.82, 2.24) is 10.6 Å². The predicted molar refractivity (Wildman–Crippen MR) is 142 cm³/mol. The first-order valence-corrected chi connectivity index (χ1v) is 15.8. The molecule has 0 aliphatic carbocycles. The number of alkyl halides is 2. The highest BCUT2D eigenvalue weighted by Gasteiger charge is 2.58. The Kier molecular flexibility index (Phi) is 14.1. The van der Waals surface area contributed by atoms with E-state index >= 15 is 0 Å². The van der Waals surface area contributed by atoms with Crippen molar-refractivity contribution in [2.24, 2.45) is 0 Å². The number of benzene rings is 1. The molecule has 0 aliphatic rings. The van der Waals surface area contributed by atoms with E-state index < -0.39 is 38.6 Å². The number of nitrogens with one attached hydrogen (secondary N) is 2. The summed E-state index contributed by atoms with van der Waals surface area (Å²) >= 11 is 11.7. The molecular weight excluding hydrogens is 571 g/mol. The summed E-state index contributed by atoms with van der Waals surface area (Å²) < 4.78 is 22.7. The van der Waals surface area contributed by atoms with E-state index in [0.29, 0.717) is 37.7 Å². The van der Waals surface area contributed by atoms with Crippen molar-refractivity contribution in [2.45, 2.75) is 50.2 Å². The number of anilines is 1. The van der Waals surface area contributed by atoms with E-state index in [0.717, 1.165) is 11.3 Å². The van der Waals surface area contributed by atoms with Crippen molar-refractivity contribution < 1.29 is 43.4 Å². The fraction of sp³-hybridized carbons (Fsp3) is 0.619. The second kappa shape index (κ2) is 15.4. The van der Waals surface area contributed by atoms with Crippen molar-refractivity contribution in [3.63, 3.8) is 0 Å². The van der Waals surface area contributed by atoms with Crippen molar-refractivity contribution in [3.8, 4) is 0 Å². The van der Waals surface area contributed by atoms with Crippen molar-refractivity contribution in [3.05, 3.63) is 29.8 Å². The maximum absolute atomic E-state index is 12.2. The molecule has 212 valence electrons. The first-order chi connectivity index (χ1) is 17.2. The van der Waals surface area contributed by atoms with Crippen LogP contribution in [0.3, 0.4) is 0 Å². The molecule has 0 heterocycles. The fourth-order valence-corrected chi connectivity index (χ4v) is 6.10. The Morgan fingerprint density at radius 1 is 1.00 bits per heavy atom. The lowest BCUT2D eigenvalue weighted by Gasteiger charge is -2.29. The Balaban J connectivity index is 2.42. The molecule has 0 bridgehead atoms. The average molecular weight is 606 g/mol. The van der Waals surface area contributed by atoms with Gasteiger partial charge in [0, 0.05) is 49.9 Å². The van der Waals surface area contributed by atoms with E-state index in [2.05, 4.69) is 15.5 Å². The zero-order valence-corrected chi connectivity index (χ0v) is 23.7. The third kappa shape index (κ3) is 10.8. The van der Waals surface area contributed by atoms with Crippen LogP contribution in [0.25, 0.3) is 0 Å². The van der Waals surface area contributed by atoms with Crippen LogP contribution < -0.4 is 15.5 Å². The van der Waals surface area contributed by atoms with E-state index in [-0.39, 0.29) is 25.3 Å². The first kappa shape index (κ1) is 33.8. The van der Waals surface area contributed by atoms with Crippen LogP contribution in [-0.4, -0.2) is 79.0 Å². The van der Waals surface area contributed by atoms with Crippen LogP contribution in [0.2, 0.25) is 0 Å². The number of halogens is 2. The van der Waals surface area contributed by atoms with Gasteiger partial charge >= 0.3 is 15.2 Å². The SMILES string of the molecule is C[C@H](NC(=O)CCCc1ccc(N(CCCl)CCCl)cc1)C(=O)NCCCC(O)(P(=O)(O)O)P(=O)(O)O. The number of amides is 2. The smallest absolute Gasteiger partial charge is 0.369 e. The van der Waals surface area contributed by atoms with Gasteiger partial charge in [-0.3, -0.25) is 18.7 Å². The number of rotatable bonds is 17. The molecule has 2 amide bonds. The van der Waals surface area contributed by atoms with E-state index in [1.165, 1.54) is 6.92 Å². The number of nitrogens with zero attached hydrogens (tertiary/aromatic N) is 1. The van der Waals surface area contributed by atoms with E-state index in [1.807, 2.05) is 24.3 Å². The zero-order valence-electron chi connectivity index (χ0n) is 20.4. The van der Waals surface area contributed by atoms with Gasteiger partial charge in [0.2, 0.25) is 11.8 Å². The van der Waals surface area contributed by atoms with Crippen molar-refractivity contribution in [1.29, 1.82) is 0 Å². The number of aliphatic hydroxyl groups is 1. The number of carbonyl (C=O) groups is 2. The average Bonchev–Trinajstić information content (AvgIpc) is 2.80. The van der Waals surface area contributed by atoms with Gasteiger partial charge in [0.1, 0.15) is 6.04 Å². The van der Waals surface area contributed by atoms with Crippen LogP contribution >= 0.6 is 38.4 Å². The molecule has 1 aromatic carbocycles. The Morgan fingerprint density at radius 3 is 2.03 bits per heavy atom. The molecule has 7 N–H and O–H groups in total. The number of hydrogen-bond acceptors (Lipinski definition) is 6. The minimum absolute atomic E-state index is 0.182. The largest absolute Gasteiger partial charge is 0.369 e. The Hall–Kier alpha value is -1.20. The Bertz CT molecular complexity index is 945. The van der Waals surface area contributed by atoms with Gasteiger partial charge in [-0.1, -0.05) is 12.1 Å². The second-order valence-corrected chi connectivity index (χ2v) is 13.2. The molecule has 0 saturated carbocycles. The molecule has 37 heavy (non-hydrogen) atoms. The summed E-state index contributed by atoms with van der Waals surface area (Å²) in [4.78, 5) is 62.9. The molecule has 1 aromatic rings. The highest BCUT2D eigenvalue weighted by atomic mass is 35.5. The lowest BCUT2D eigenvalue weighted by molar-refractivity contribution is -0.128. The number of hydrogen-bond donors (Lipinski definition) is 7. The highest BCUT2D eigenvalue weighted by Crippen LogP contribution is 2.69. The molecule has 0 unspecified atom stereocenters. The molecule has 1 rings (SSSR count). The van der Waals surface area contributed by atoms with Gasteiger partial charge in [-0.2, -0.15) is 0 Å².